The number of carbonyl (C=O) groups is 1. The van der Waals surface area contributed by atoms with Crippen LogP contribution in [0.15, 0.2) is 39.5 Å². The van der Waals surface area contributed by atoms with Gasteiger partial charge < -0.3 is 9.84 Å². The Morgan fingerprint density at radius 3 is 3.00 bits per heavy atom. The highest BCUT2D eigenvalue weighted by molar-refractivity contribution is 7.08. The Bertz CT molecular complexity index is 1000. The number of nitrogens with zero attached hydrogens (tertiary/aromatic N) is 5. The van der Waals surface area contributed by atoms with Crippen molar-refractivity contribution in [2.24, 2.45) is 0 Å². The van der Waals surface area contributed by atoms with Crippen LogP contribution in [0.3, 0.4) is 0 Å². The average Bonchev–Trinajstić information content (AvgIpc) is 3.33. The van der Waals surface area contributed by atoms with Crippen molar-refractivity contribution < 1.29 is 9.32 Å². The Morgan fingerprint density at radius 1 is 1.33 bits per heavy atom. The molecule has 0 saturated carbocycles. The minimum absolute atomic E-state index is 0.187. The number of amides is 1. The lowest BCUT2D eigenvalue weighted by Gasteiger charge is -2.03. The maximum atomic E-state index is 12.0. The predicted octanol–water partition coefficient (Wildman–Crippen LogP) is 2.08. The van der Waals surface area contributed by atoms with E-state index in [1.54, 1.807) is 28.8 Å². The second-order valence-corrected chi connectivity index (χ2v) is 5.90. The zero-order valence-corrected chi connectivity index (χ0v) is 13.4. The summed E-state index contributed by atoms with van der Waals surface area (Å²) in [5.41, 5.74) is 2.70. The van der Waals surface area contributed by atoms with Crippen LogP contribution in [0.25, 0.3) is 16.9 Å². The molecular formula is C15H12N6O2S. The quantitative estimate of drug-likeness (QED) is 0.611. The molecule has 0 aliphatic heterocycles. The highest BCUT2D eigenvalue weighted by atomic mass is 32.1. The number of aryl methyl sites for hydroxylation is 1. The lowest BCUT2D eigenvalue weighted by atomic mass is 10.2. The van der Waals surface area contributed by atoms with Gasteiger partial charge in [0.15, 0.2) is 17.2 Å². The minimum Gasteiger partial charge on any atom is -0.361 e. The Morgan fingerprint density at radius 2 is 2.25 bits per heavy atom. The number of carbonyl (C=O) groups excluding carboxylic acids is 1. The summed E-state index contributed by atoms with van der Waals surface area (Å²) < 4.78 is 6.52. The first kappa shape index (κ1) is 14.5. The molecule has 4 aromatic rings. The number of nitrogens with one attached hydrogen (secondary N) is 1. The molecule has 0 spiro atoms. The lowest BCUT2D eigenvalue weighted by molar-refractivity contribution is 0.0940. The number of rotatable bonds is 4. The largest absolute Gasteiger partial charge is 0.361 e. The molecule has 9 heteroatoms. The van der Waals surface area contributed by atoms with Gasteiger partial charge in [-0.3, -0.25) is 4.79 Å². The van der Waals surface area contributed by atoms with Gasteiger partial charge in [-0.05, 0) is 30.5 Å². The molecule has 120 valence electrons. The van der Waals surface area contributed by atoms with Gasteiger partial charge in [-0.15, -0.1) is 10.2 Å². The molecule has 0 aromatic carbocycles. The summed E-state index contributed by atoms with van der Waals surface area (Å²) in [6.07, 6.45) is 0. The van der Waals surface area contributed by atoms with E-state index in [0.29, 0.717) is 17.2 Å². The van der Waals surface area contributed by atoms with Gasteiger partial charge in [0.05, 0.1) is 12.2 Å². The molecule has 8 nitrogen and oxygen atoms in total. The SMILES string of the molecule is Cc1cc(C(=O)NCc2nnc3ccc(-c4ccsc4)nn23)no1. The zero-order valence-electron chi connectivity index (χ0n) is 12.6. The summed E-state index contributed by atoms with van der Waals surface area (Å²) in [6.45, 7) is 1.91. The molecule has 0 radical (unpaired) electrons. The molecular weight excluding hydrogens is 328 g/mol. The van der Waals surface area contributed by atoms with Crippen LogP contribution in [-0.4, -0.2) is 30.9 Å². The lowest BCUT2D eigenvalue weighted by Crippen LogP contribution is -2.24. The minimum atomic E-state index is -0.336. The van der Waals surface area contributed by atoms with Crippen molar-refractivity contribution in [3.05, 3.63) is 52.3 Å². The molecule has 0 bridgehead atoms. The van der Waals surface area contributed by atoms with Crippen molar-refractivity contribution >= 4 is 22.9 Å². The zero-order chi connectivity index (χ0) is 16.5. The van der Waals surface area contributed by atoms with Crippen LogP contribution >= 0.6 is 11.3 Å². The summed E-state index contributed by atoms with van der Waals surface area (Å²) in [4.78, 5) is 12.0. The summed E-state index contributed by atoms with van der Waals surface area (Å²) in [7, 11) is 0. The topological polar surface area (TPSA) is 98.2 Å². The molecule has 1 amide bonds. The van der Waals surface area contributed by atoms with Crippen molar-refractivity contribution in [3.8, 4) is 11.3 Å². The van der Waals surface area contributed by atoms with Crippen LogP contribution in [0.1, 0.15) is 22.1 Å². The third-order valence-corrected chi connectivity index (χ3v) is 4.10. The first-order valence-corrected chi connectivity index (χ1v) is 8.10. The molecule has 24 heavy (non-hydrogen) atoms. The first-order chi connectivity index (χ1) is 11.7. The summed E-state index contributed by atoms with van der Waals surface area (Å²) in [6, 6.07) is 7.31. The highest BCUT2D eigenvalue weighted by Gasteiger charge is 2.13. The molecule has 1 N–H and O–H groups in total. The Balaban J connectivity index is 1.58. The van der Waals surface area contributed by atoms with Gasteiger partial charge in [0.2, 0.25) is 0 Å². The van der Waals surface area contributed by atoms with E-state index in [9.17, 15) is 4.79 Å². The molecule has 0 saturated heterocycles. The van der Waals surface area contributed by atoms with E-state index in [1.807, 2.05) is 29.0 Å². The summed E-state index contributed by atoms with van der Waals surface area (Å²) in [5.74, 6) is 0.781. The van der Waals surface area contributed by atoms with Crippen LogP contribution in [0.4, 0.5) is 0 Å². The Hall–Kier alpha value is -3.07. The van der Waals surface area contributed by atoms with Crippen LogP contribution in [-0.2, 0) is 6.54 Å². The number of thiophene rings is 1. The monoisotopic (exact) mass is 340 g/mol. The Kier molecular flexibility index (Phi) is 3.54. The Labute approximate surface area is 140 Å². The molecule has 4 rings (SSSR count). The third kappa shape index (κ3) is 2.65. The molecule has 0 aliphatic rings. The highest BCUT2D eigenvalue weighted by Crippen LogP contribution is 2.20. The number of hydrogen-bond acceptors (Lipinski definition) is 7. The predicted molar refractivity (Wildman–Crippen MR) is 86.5 cm³/mol. The molecule has 4 heterocycles. The van der Waals surface area contributed by atoms with Crippen molar-refractivity contribution in [3.63, 3.8) is 0 Å². The van der Waals surface area contributed by atoms with Crippen LogP contribution in [0.5, 0.6) is 0 Å². The van der Waals surface area contributed by atoms with E-state index in [2.05, 4.69) is 25.8 Å². The van der Waals surface area contributed by atoms with Gasteiger partial charge in [-0.25, -0.2) is 0 Å². The smallest absolute Gasteiger partial charge is 0.273 e. The van der Waals surface area contributed by atoms with Crippen molar-refractivity contribution in [2.45, 2.75) is 13.5 Å². The fourth-order valence-corrected chi connectivity index (χ4v) is 2.88. The van der Waals surface area contributed by atoms with Gasteiger partial charge in [0, 0.05) is 17.0 Å². The fourth-order valence-electron chi connectivity index (χ4n) is 2.23. The van der Waals surface area contributed by atoms with E-state index in [-0.39, 0.29) is 18.1 Å². The second kappa shape index (κ2) is 5.85. The first-order valence-electron chi connectivity index (χ1n) is 7.16. The normalized spacial score (nSPS) is 11.0. The fraction of sp³-hybridized carbons (Fsp3) is 0.133. The van der Waals surface area contributed by atoms with E-state index in [4.69, 9.17) is 4.52 Å². The standard InChI is InChI=1S/C15H12N6O2S/c1-9-6-12(20-23-9)15(22)16-7-14-18-17-13-3-2-11(19-21(13)14)10-4-5-24-8-10/h2-6,8H,7H2,1H3,(H,16,22). The van der Waals surface area contributed by atoms with Gasteiger partial charge in [0.1, 0.15) is 5.76 Å². The second-order valence-electron chi connectivity index (χ2n) is 5.12. The van der Waals surface area contributed by atoms with Gasteiger partial charge >= 0.3 is 0 Å². The van der Waals surface area contributed by atoms with Crippen molar-refractivity contribution in [2.75, 3.05) is 0 Å². The number of aromatic nitrogens is 5. The molecule has 4 aromatic heterocycles. The van der Waals surface area contributed by atoms with E-state index in [1.165, 1.54) is 0 Å². The number of fused-ring (bicyclic) bond motifs is 1. The maximum Gasteiger partial charge on any atom is 0.273 e. The molecule has 0 aliphatic carbocycles. The molecule has 0 fully saturated rings. The number of hydrogen-bond donors (Lipinski definition) is 1. The van der Waals surface area contributed by atoms with Crippen LogP contribution in [0.2, 0.25) is 0 Å². The molecule has 0 atom stereocenters. The summed E-state index contributed by atoms with van der Waals surface area (Å²) in [5, 5.41) is 23.1. The third-order valence-electron chi connectivity index (χ3n) is 3.41. The maximum absolute atomic E-state index is 12.0. The van der Waals surface area contributed by atoms with Crippen LogP contribution in [0, 0.1) is 6.92 Å². The van der Waals surface area contributed by atoms with Gasteiger partial charge in [-0.1, -0.05) is 5.16 Å². The van der Waals surface area contributed by atoms with Gasteiger partial charge in [0.25, 0.3) is 5.91 Å². The van der Waals surface area contributed by atoms with Crippen molar-refractivity contribution in [1.82, 2.24) is 30.3 Å². The van der Waals surface area contributed by atoms with Crippen molar-refractivity contribution in [1.29, 1.82) is 0 Å². The summed E-state index contributed by atoms with van der Waals surface area (Å²) >= 11 is 1.61. The average molecular weight is 340 g/mol. The van der Waals surface area contributed by atoms with E-state index in [0.717, 1.165) is 11.3 Å². The van der Waals surface area contributed by atoms with Crippen LogP contribution < -0.4 is 5.32 Å². The van der Waals surface area contributed by atoms with E-state index < -0.39 is 0 Å². The molecule has 0 unspecified atom stereocenters. The van der Waals surface area contributed by atoms with Gasteiger partial charge in [-0.2, -0.15) is 21.0 Å². The van der Waals surface area contributed by atoms with E-state index >= 15 is 0 Å².